The van der Waals surface area contributed by atoms with Gasteiger partial charge < -0.3 is 10.6 Å². The molecule has 1 heterocycles. The summed E-state index contributed by atoms with van der Waals surface area (Å²) < 4.78 is 0. The molecule has 1 aliphatic rings. The Bertz CT molecular complexity index is 312. The summed E-state index contributed by atoms with van der Waals surface area (Å²) in [5.41, 5.74) is 2.69. The highest BCUT2D eigenvalue weighted by Gasteiger charge is 2.11. The van der Waals surface area contributed by atoms with Crippen LogP contribution in [0.2, 0.25) is 0 Å². The van der Waals surface area contributed by atoms with E-state index in [0.717, 1.165) is 6.54 Å². The maximum Gasteiger partial charge on any atom is 0.0340 e. The van der Waals surface area contributed by atoms with Crippen LogP contribution in [0, 0.1) is 0 Å². The zero-order valence-corrected chi connectivity index (χ0v) is 10.8. The Morgan fingerprint density at radius 2 is 2.06 bits per heavy atom. The second-order valence-electron chi connectivity index (χ2n) is 4.97. The maximum absolute atomic E-state index is 3.56. The Morgan fingerprint density at radius 3 is 2.71 bits per heavy atom. The van der Waals surface area contributed by atoms with Crippen molar-refractivity contribution in [3.63, 3.8) is 0 Å². The first-order chi connectivity index (χ1) is 8.38. The second-order valence-corrected chi connectivity index (χ2v) is 4.97. The van der Waals surface area contributed by atoms with Gasteiger partial charge in [-0.1, -0.05) is 31.9 Å². The molecule has 0 spiro atoms. The smallest absolute Gasteiger partial charge is 0.0340 e. The number of nitrogens with one attached hydrogen (secondary N) is 2. The molecule has 1 fully saturated rings. The molecule has 1 atom stereocenters. The molecule has 1 aromatic carbocycles. The van der Waals surface area contributed by atoms with Gasteiger partial charge in [-0.25, -0.2) is 0 Å². The van der Waals surface area contributed by atoms with Crippen LogP contribution in [0.3, 0.4) is 0 Å². The first-order valence-electron chi connectivity index (χ1n) is 6.94. The van der Waals surface area contributed by atoms with E-state index in [-0.39, 0.29) is 0 Å². The van der Waals surface area contributed by atoms with Gasteiger partial charge in [0.2, 0.25) is 0 Å². The lowest BCUT2D eigenvalue weighted by atomic mass is 10.0. The fourth-order valence-electron chi connectivity index (χ4n) is 2.42. The highest BCUT2D eigenvalue weighted by Crippen LogP contribution is 2.12. The first kappa shape index (κ1) is 12.4. The van der Waals surface area contributed by atoms with Crippen LogP contribution in [-0.2, 0) is 6.42 Å². The minimum Gasteiger partial charge on any atom is -0.383 e. The van der Waals surface area contributed by atoms with Gasteiger partial charge >= 0.3 is 0 Å². The van der Waals surface area contributed by atoms with Crippen LogP contribution < -0.4 is 10.6 Å². The molecule has 94 valence electrons. The van der Waals surface area contributed by atoms with E-state index >= 15 is 0 Å². The summed E-state index contributed by atoms with van der Waals surface area (Å²) in [6.45, 7) is 4.45. The Labute approximate surface area is 105 Å². The van der Waals surface area contributed by atoms with E-state index in [1.165, 1.54) is 49.9 Å². The summed E-state index contributed by atoms with van der Waals surface area (Å²) in [6.07, 6.45) is 6.42. The molecule has 0 aromatic heterocycles. The SMILES string of the molecule is CCCc1ccc(NCC2CCCCN2)cc1. The lowest BCUT2D eigenvalue weighted by molar-refractivity contribution is 0.414. The minimum atomic E-state index is 0.652. The van der Waals surface area contributed by atoms with Gasteiger partial charge in [-0.3, -0.25) is 0 Å². The van der Waals surface area contributed by atoms with Crippen molar-refractivity contribution in [2.45, 2.75) is 45.1 Å². The molecule has 1 aliphatic heterocycles. The van der Waals surface area contributed by atoms with E-state index in [4.69, 9.17) is 0 Å². The predicted molar refractivity (Wildman–Crippen MR) is 74.6 cm³/mol. The lowest BCUT2D eigenvalue weighted by Crippen LogP contribution is -2.39. The van der Waals surface area contributed by atoms with Crippen molar-refractivity contribution >= 4 is 5.69 Å². The van der Waals surface area contributed by atoms with Crippen molar-refractivity contribution in [2.24, 2.45) is 0 Å². The average Bonchev–Trinajstić information content (AvgIpc) is 2.40. The predicted octanol–water partition coefficient (Wildman–Crippen LogP) is 3.19. The fraction of sp³-hybridized carbons (Fsp3) is 0.600. The molecule has 1 unspecified atom stereocenters. The van der Waals surface area contributed by atoms with Gasteiger partial charge in [0.1, 0.15) is 0 Å². The molecule has 0 amide bonds. The summed E-state index contributed by atoms with van der Waals surface area (Å²) in [6, 6.07) is 9.53. The number of benzene rings is 1. The molecule has 0 radical (unpaired) electrons. The third-order valence-corrected chi connectivity index (χ3v) is 3.46. The van der Waals surface area contributed by atoms with Gasteiger partial charge in [0.05, 0.1) is 0 Å². The van der Waals surface area contributed by atoms with E-state index in [1.807, 2.05) is 0 Å². The average molecular weight is 232 g/mol. The van der Waals surface area contributed by atoms with Gasteiger partial charge in [0.15, 0.2) is 0 Å². The standard InChI is InChI=1S/C15H24N2/c1-2-5-13-7-9-14(10-8-13)17-12-15-6-3-4-11-16-15/h7-10,15-17H,2-6,11-12H2,1H3. The summed E-state index contributed by atoms with van der Waals surface area (Å²) in [5, 5.41) is 7.08. The van der Waals surface area contributed by atoms with Crippen LogP contribution in [0.25, 0.3) is 0 Å². The van der Waals surface area contributed by atoms with Gasteiger partial charge in [0.25, 0.3) is 0 Å². The van der Waals surface area contributed by atoms with Crippen molar-refractivity contribution in [3.05, 3.63) is 29.8 Å². The number of rotatable bonds is 5. The number of aryl methyl sites for hydroxylation is 1. The molecule has 0 aliphatic carbocycles. The summed E-state index contributed by atoms with van der Waals surface area (Å²) in [7, 11) is 0. The normalized spacial score (nSPS) is 20.2. The summed E-state index contributed by atoms with van der Waals surface area (Å²) >= 11 is 0. The zero-order valence-electron chi connectivity index (χ0n) is 10.8. The van der Waals surface area contributed by atoms with Crippen molar-refractivity contribution < 1.29 is 0 Å². The molecule has 1 saturated heterocycles. The molecule has 0 saturated carbocycles. The van der Waals surface area contributed by atoms with Crippen LogP contribution >= 0.6 is 0 Å². The maximum atomic E-state index is 3.56. The number of hydrogen-bond donors (Lipinski definition) is 2. The quantitative estimate of drug-likeness (QED) is 0.814. The molecular weight excluding hydrogens is 208 g/mol. The number of anilines is 1. The van der Waals surface area contributed by atoms with Crippen LogP contribution in [0.4, 0.5) is 5.69 Å². The van der Waals surface area contributed by atoms with E-state index in [2.05, 4.69) is 41.8 Å². The van der Waals surface area contributed by atoms with Crippen LogP contribution in [0.1, 0.15) is 38.2 Å². The zero-order chi connectivity index (χ0) is 11.9. The van der Waals surface area contributed by atoms with Crippen molar-refractivity contribution in [3.8, 4) is 0 Å². The van der Waals surface area contributed by atoms with Crippen LogP contribution in [0.15, 0.2) is 24.3 Å². The number of piperidine rings is 1. The van der Waals surface area contributed by atoms with Gasteiger partial charge in [-0.15, -0.1) is 0 Å². The largest absolute Gasteiger partial charge is 0.383 e. The van der Waals surface area contributed by atoms with Crippen molar-refractivity contribution in [2.75, 3.05) is 18.4 Å². The number of hydrogen-bond acceptors (Lipinski definition) is 2. The summed E-state index contributed by atoms with van der Waals surface area (Å²) in [4.78, 5) is 0. The van der Waals surface area contributed by atoms with E-state index in [1.54, 1.807) is 0 Å². The van der Waals surface area contributed by atoms with E-state index in [0.29, 0.717) is 6.04 Å². The minimum absolute atomic E-state index is 0.652. The molecule has 17 heavy (non-hydrogen) atoms. The first-order valence-corrected chi connectivity index (χ1v) is 6.94. The van der Waals surface area contributed by atoms with Gasteiger partial charge in [0, 0.05) is 18.3 Å². The molecule has 2 N–H and O–H groups in total. The highest BCUT2D eigenvalue weighted by atomic mass is 15.0. The van der Waals surface area contributed by atoms with E-state index < -0.39 is 0 Å². The van der Waals surface area contributed by atoms with E-state index in [9.17, 15) is 0 Å². The monoisotopic (exact) mass is 232 g/mol. The Balaban J connectivity index is 1.77. The Kier molecular flexibility index (Phi) is 4.87. The van der Waals surface area contributed by atoms with Gasteiger partial charge in [-0.2, -0.15) is 0 Å². The topological polar surface area (TPSA) is 24.1 Å². The molecule has 2 rings (SSSR count). The highest BCUT2D eigenvalue weighted by molar-refractivity contribution is 5.44. The molecule has 1 aromatic rings. The van der Waals surface area contributed by atoms with Crippen LogP contribution in [0.5, 0.6) is 0 Å². The summed E-state index contributed by atoms with van der Waals surface area (Å²) in [5.74, 6) is 0. The van der Waals surface area contributed by atoms with Crippen molar-refractivity contribution in [1.29, 1.82) is 0 Å². The second kappa shape index (κ2) is 6.65. The molecule has 2 heteroatoms. The Hall–Kier alpha value is -1.02. The molecule has 2 nitrogen and oxygen atoms in total. The Morgan fingerprint density at radius 1 is 1.24 bits per heavy atom. The molecule has 0 bridgehead atoms. The fourth-order valence-corrected chi connectivity index (χ4v) is 2.42. The third kappa shape index (κ3) is 4.04. The van der Waals surface area contributed by atoms with Crippen LogP contribution in [-0.4, -0.2) is 19.1 Å². The third-order valence-electron chi connectivity index (χ3n) is 3.46. The lowest BCUT2D eigenvalue weighted by Gasteiger charge is -2.24. The molecular formula is C15H24N2. The van der Waals surface area contributed by atoms with Crippen molar-refractivity contribution in [1.82, 2.24) is 5.32 Å². The van der Waals surface area contributed by atoms with Gasteiger partial charge in [-0.05, 0) is 43.5 Å².